The van der Waals surface area contributed by atoms with Crippen molar-refractivity contribution in [2.45, 2.75) is 19.8 Å². The smallest absolute Gasteiger partial charge is 0.252 e. The van der Waals surface area contributed by atoms with E-state index in [0.29, 0.717) is 12.4 Å². The van der Waals surface area contributed by atoms with Gasteiger partial charge in [0, 0.05) is 16.0 Å². The molecule has 0 saturated carbocycles. The Bertz CT molecular complexity index is 368. The molecular weight excluding hydrogens is 336 g/mol. The van der Waals surface area contributed by atoms with Gasteiger partial charge in [0.05, 0.1) is 5.56 Å². The molecule has 0 aliphatic carbocycles. The summed E-state index contributed by atoms with van der Waals surface area (Å²) in [4.78, 5) is 11.8. The summed E-state index contributed by atoms with van der Waals surface area (Å²) in [6, 6.07) is 5.77. The van der Waals surface area contributed by atoms with Crippen LogP contribution in [0.15, 0.2) is 18.2 Å². The van der Waals surface area contributed by atoms with Gasteiger partial charge in [0.25, 0.3) is 5.91 Å². The number of amides is 1. The van der Waals surface area contributed by atoms with Crippen molar-refractivity contribution in [2.75, 3.05) is 12.4 Å². The van der Waals surface area contributed by atoms with Gasteiger partial charge in [0.2, 0.25) is 0 Å². The summed E-state index contributed by atoms with van der Waals surface area (Å²) in [6.45, 7) is 2.70. The van der Waals surface area contributed by atoms with Gasteiger partial charge in [0.15, 0.2) is 0 Å². The SMILES string of the molecule is Cc1cccc(C(=O)NCCCCCl)c1I. The highest BCUT2D eigenvalue weighted by Gasteiger charge is 2.09. The normalized spacial score (nSPS) is 10.2. The summed E-state index contributed by atoms with van der Waals surface area (Å²) in [5, 5.41) is 2.90. The van der Waals surface area contributed by atoms with E-state index in [1.165, 1.54) is 0 Å². The topological polar surface area (TPSA) is 29.1 Å². The third kappa shape index (κ3) is 3.94. The quantitative estimate of drug-likeness (QED) is 0.492. The van der Waals surface area contributed by atoms with Crippen LogP contribution < -0.4 is 5.32 Å². The highest BCUT2D eigenvalue weighted by Crippen LogP contribution is 2.16. The van der Waals surface area contributed by atoms with Crippen molar-refractivity contribution in [3.63, 3.8) is 0 Å². The maximum atomic E-state index is 11.8. The second-order valence-corrected chi connectivity index (χ2v) is 5.05. The Morgan fingerprint density at radius 1 is 1.44 bits per heavy atom. The molecule has 0 aliphatic heterocycles. The summed E-state index contributed by atoms with van der Waals surface area (Å²) in [5.41, 5.74) is 1.89. The predicted octanol–water partition coefficient (Wildman–Crippen LogP) is 3.35. The number of benzene rings is 1. The first-order chi connectivity index (χ1) is 7.66. The Morgan fingerprint density at radius 2 is 2.19 bits per heavy atom. The van der Waals surface area contributed by atoms with Crippen molar-refractivity contribution in [3.05, 3.63) is 32.9 Å². The first kappa shape index (κ1) is 13.8. The summed E-state index contributed by atoms with van der Waals surface area (Å²) < 4.78 is 1.02. The number of halogens is 2. The van der Waals surface area contributed by atoms with Crippen LogP contribution in [0.4, 0.5) is 0 Å². The van der Waals surface area contributed by atoms with Crippen LogP contribution in [0.2, 0.25) is 0 Å². The molecule has 1 aromatic rings. The van der Waals surface area contributed by atoms with Gasteiger partial charge < -0.3 is 5.32 Å². The lowest BCUT2D eigenvalue weighted by Gasteiger charge is -2.07. The summed E-state index contributed by atoms with van der Waals surface area (Å²) in [7, 11) is 0. The molecule has 0 aromatic heterocycles. The number of alkyl halides is 1. The maximum Gasteiger partial charge on any atom is 0.252 e. The van der Waals surface area contributed by atoms with E-state index in [0.717, 1.165) is 27.5 Å². The molecule has 1 rings (SSSR count). The van der Waals surface area contributed by atoms with Crippen LogP contribution in [0, 0.1) is 10.5 Å². The molecule has 1 aromatic carbocycles. The van der Waals surface area contributed by atoms with E-state index in [1.54, 1.807) is 0 Å². The molecule has 16 heavy (non-hydrogen) atoms. The number of nitrogens with one attached hydrogen (secondary N) is 1. The highest BCUT2D eigenvalue weighted by atomic mass is 127. The lowest BCUT2D eigenvalue weighted by Crippen LogP contribution is -2.25. The van der Waals surface area contributed by atoms with Crippen molar-refractivity contribution in [3.8, 4) is 0 Å². The third-order valence-corrected chi connectivity index (χ3v) is 3.98. The monoisotopic (exact) mass is 351 g/mol. The molecule has 0 heterocycles. The van der Waals surface area contributed by atoms with Crippen LogP contribution in [0.5, 0.6) is 0 Å². The maximum absolute atomic E-state index is 11.8. The van der Waals surface area contributed by atoms with Gasteiger partial charge in [-0.05, 0) is 54.0 Å². The van der Waals surface area contributed by atoms with Crippen molar-refractivity contribution in [1.29, 1.82) is 0 Å². The van der Waals surface area contributed by atoms with Crippen LogP contribution in [-0.4, -0.2) is 18.3 Å². The van der Waals surface area contributed by atoms with Gasteiger partial charge in [-0.15, -0.1) is 11.6 Å². The fraction of sp³-hybridized carbons (Fsp3) is 0.417. The van der Waals surface area contributed by atoms with Crippen molar-refractivity contribution in [2.24, 2.45) is 0 Å². The van der Waals surface area contributed by atoms with Crippen LogP contribution >= 0.6 is 34.2 Å². The van der Waals surface area contributed by atoms with Crippen molar-refractivity contribution >= 4 is 40.1 Å². The molecule has 88 valence electrons. The standard InChI is InChI=1S/C12H15ClINO/c1-9-5-4-6-10(11(9)14)12(16)15-8-3-2-7-13/h4-6H,2-3,7-8H2,1H3,(H,15,16). The molecule has 0 spiro atoms. The van der Waals surface area contributed by atoms with Gasteiger partial charge in [-0.2, -0.15) is 0 Å². The number of carbonyl (C=O) groups is 1. The third-order valence-electron chi connectivity index (χ3n) is 2.28. The number of unbranched alkanes of at least 4 members (excludes halogenated alkanes) is 1. The van der Waals surface area contributed by atoms with Crippen LogP contribution in [-0.2, 0) is 0 Å². The van der Waals surface area contributed by atoms with E-state index < -0.39 is 0 Å². The lowest BCUT2D eigenvalue weighted by atomic mass is 10.1. The zero-order chi connectivity index (χ0) is 12.0. The number of hydrogen-bond acceptors (Lipinski definition) is 1. The van der Waals surface area contributed by atoms with E-state index in [-0.39, 0.29) is 5.91 Å². The lowest BCUT2D eigenvalue weighted by molar-refractivity contribution is 0.0952. The van der Waals surface area contributed by atoms with E-state index in [4.69, 9.17) is 11.6 Å². The minimum Gasteiger partial charge on any atom is -0.352 e. The molecule has 0 fully saturated rings. The van der Waals surface area contributed by atoms with E-state index in [2.05, 4.69) is 27.9 Å². The number of aryl methyl sites for hydroxylation is 1. The number of rotatable bonds is 5. The molecule has 1 N–H and O–H groups in total. The highest BCUT2D eigenvalue weighted by molar-refractivity contribution is 14.1. The molecule has 1 amide bonds. The number of carbonyl (C=O) groups excluding carboxylic acids is 1. The molecule has 4 heteroatoms. The minimum atomic E-state index is 0.00247. The molecular formula is C12H15ClINO. The summed E-state index contributed by atoms with van der Waals surface area (Å²) >= 11 is 7.77. The first-order valence-electron chi connectivity index (χ1n) is 5.26. The Labute approximate surface area is 115 Å². The molecule has 0 radical (unpaired) electrons. The number of hydrogen-bond donors (Lipinski definition) is 1. The van der Waals surface area contributed by atoms with E-state index in [9.17, 15) is 4.79 Å². The Hall–Kier alpha value is -0.290. The Morgan fingerprint density at radius 3 is 2.88 bits per heavy atom. The first-order valence-corrected chi connectivity index (χ1v) is 6.87. The van der Waals surface area contributed by atoms with Gasteiger partial charge in [-0.3, -0.25) is 4.79 Å². The zero-order valence-electron chi connectivity index (χ0n) is 9.22. The molecule has 0 bridgehead atoms. The molecule has 0 aliphatic rings. The fourth-order valence-electron chi connectivity index (χ4n) is 1.34. The molecule has 2 nitrogen and oxygen atoms in total. The van der Waals surface area contributed by atoms with E-state index in [1.807, 2.05) is 25.1 Å². The minimum absolute atomic E-state index is 0.00247. The van der Waals surface area contributed by atoms with Crippen LogP contribution in [0.3, 0.4) is 0 Å². The van der Waals surface area contributed by atoms with Crippen LogP contribution in [0.1, 0.15) is 28.8 Å². The molecule has 0 unspecified atom stereocenters. The molecule has 0 saturated heterocycles. The predicted molar refractivity (Wildman–Crippen MR) is 76.2 cm³/mol. The largest absolute Gasteiger partial charge is 0.352 e. The second kappa shape index (κ2) is 7.12. The Kier molecular flexibility index (Phi) is 6.13. The van der Waals surface area contributed by atoms with E-state index >= 15 is 0 Å². The summed E-state index contributed by atoms with van der Waals surface area (Å²) in [5.74, 6) is 0.653. The zero-order valence-corrected chi connectivity index (χ0v) is 12.1. The van der Waals surface area contributed by atoms with Crippen LogP contribution in [0.25, 0.3) is 0 Å². The average molecular weight is 352 g/mol. The van der Waals surface area contributed by atoms with Gasteiger partial charge in [0.1, 0.15) is 0 Å². The fourth-order valence-corrected chi connectivity index (χ4v) is 2.13. The second-order valence-electron chi connectivity index (χ2n) is 3.59. The van der Waals surface area contributed by atoms with Gasteiger partial charge >= 0.3 is 0 Å². The van der Waals surface area contributed by atoms with Crippen molar-refractivity contribution in [1.82, 2.24) is 5.32 Å². The average Bonchev–Trinajstić information content (AvgIpc) is 2.28. The van der Waals surface area contributed by atoms with Gasteiger partial charge in [-0.25, -0.2) is 0 Å². The Balaban J connectivity index is 2.56. The van der Waals surface area contributed by atoms with Gasteiger partial charge in [-0.1, -0.05) is 12.1 Å². The van der Waals surface area contributed by atoms with Crippen molar-refractivity contribution < 1.29 is 4.79 Å². The summed E-state index contributed by atoms with van der Waals surface area (Å²) in [6.07, 6.45) is 1.87. The molecule has 0 atom stereocenters.